The zero-order valence-corrected chi connectivity index (χ0v) is 29.1. The van der Waals surface area contributed by atoms with E-state index in [-0.39, 0.29) is 16.7 Å². The van der Waals surface area contributed by atoms with E-state index in [9.17, 15) is 8.42 Å². The Hall–Kier alpha value is -3.53. The molecule has 0 aromatic heterocycles. The van der Waals surface area contributed by atoms with Crippen molar-refractivity contribution in [2.75, 3.05) is 27.6 Å². The molecule has 8 heteroatoms. The van der Waals surface area contributed by atoms with E-state index in [1.165, 1.54) is 0 Å². The van der Waals surface area contributed by atoms with Crippen LogP contribution < -0.4 is 15.1 Å². The summed E-state index contributed by atoms with van der Waals surface area (Å²) < 4.78 is 52.6. The Balaban J connectivity index is 1.65. The van der Waals surface area contributed by atoms with Crippen LogP contribution in [0, 0.1) is 0 Å². The van der Waals surface area contributed by atoms with Gasteiger partial charge in [0.05, 0.1) is 29.6 Å². The number of allylic oxidation sites excluding steroid dienone is 1. The molecule has 0 saturated heterocycles. The Bertz CT molecular complexity index is 1680. The van der Waals surface area contributed by atoms with Gasteiger partial charge in [0.15, 0.2) is 0 Å². The summed E-state index contributed by atoms with van der Waals surface area (Å²) in [4.78, 5) is 0.640. The second-order valence-corrected chi connectivity index (χ2v) is 18.8. The van der Waals surface area contributed by atoms with Gasteiger partial charge in [0.1, 0.15) is 12.5 Å². The van der Waals surface area contributed by atoms with E-state index in [2.05, 4.69) is 69.3 Å². The fraction of sp³-hybridized carbons (Fsp3) is 0.316. The standard InChI is InChI=1S/C38H44O6SSi/c1-38(2,3)46(33-17-11-7-12-18-33,34-19-13-8-14-20-34)44-31-26-36(37(27-31)45(39,40)32-15-9-6-10-16-32)35-22-21-30(42-5)25-29(35)23-24-43-28-41-4/h6-22,25,27,31,36H,23-24,26,28H2,1-5H3/t31-,36-/m1/s1. The highest BCUT2D eigenvalue weighted by Gasteiger charge is 2.52. The summed E-state index contributed by atoms with van der Waals surface area (Å²) in [6, 6.07) is 35.5. The molecule has 242 valence electrons. The number of hydrogen-bond acceptors (Lipinski definition) is 6. The monoisotopic (exact) mass is 656 g/mol. The Labute approximate surface area is 275 Å². The van der Waals surface area contributed by atoms with Crippen molar-refractivity contribution in [2.45, 2.75) is 55.6 Å². The molecule has 0 heterocycles. The Kier molecular flexibility index (Phi) is 10.6. The summed E-state index contributed by atoms with van der Waals surface area (Å²) in [5.74, 6) is 0.289. The molecule has 1 aliphatic rings. The molecule has 5 rings (SSSR count). The smallest absolute Gasteiger partial charge is 0.261 e. The SMILES string of the molecule is COCOCCc1cc(OC)ccc1[C@H]1C[C@@H](O[Si](c2ccccc2)(c2ccccc2)C(C)(C)C)C=C1S(=O)(=O)c1ccccc1. The molecular formula is C38H44O6SSi. The van der Waals surface area contributed by atoms with Crippen LogP contribution in [0.5, 0.6) is 5.75 Å². The topological polar surface area (TPSA) is 71.1 Å². The second kappa shape index (κ2) is 14.5. The van der Waals surface area contributed by atoms with Crippen LogP contribution in [0.3, 0.4) is 0 Å². The summed E-state index contributed by atoms with van der Waals surface area (Å²) in [5, 5.41) is 2.04. The third-order valence-corrected chi connectivity index (χ3v) is 15.7. The molecule has 0 aliphatic heterocycles. The summed E-state index contributed by atoms with van der Waals surface area (Å²) in [6.07, 6.45) is 2.50. The molecule has 0 radical (unpaired) electrons. The van der Waals surface area contributed by atoms with Crippen LogP contribution in [0.4, 0.5) is 0 Å². The number of hydrogen-bond donors (Lipinski definition) is 0. The lowest BCUT2D eigenvalue weighted by atomic mass is 9.91. The second-order valence-electron chi connectivity index (χ2n) is 12.6. The zero-order chi connectivity index (χ0) is 32.8. The molecule has 4 aromatic carbocycles. The van der Waals surface area contributed by atoms with Gasteiger partial charge in [0.25, 0.3) is 8.32 Å². The molecule has 0 N–H and O–H groups in total. The van der Waals surface area contributed by atoms with Crippen molar-refractivity contribution in [2.24, 2.45) is 0 Å². The van der Waals surface area contributed by atoms with Crippen LogP contribution >= 0.6 is 0 Å². The van der Waals surface area contributed by atoms with Crippen molar-refractivity contribution in [3.8, 4) is 5.75 Å². The van der Waals surface area contributed by atoms with Crippen LogP contribution in [-0.2, 0) is 30.2 Å². The van der Waals surface area contributed by atoms with E-state index in [4.69, 9.17) is 18.6 Å². The van der Waals surface area contributed by atoms with Gasteiger partial charge in [0, 0.05) is 13.0 Å². The molecule has 1 aliphatic carbocycles. The van der Waals surface area contributed by atoms with Gasteiger partial charge in [-0.15, -0.1) is 0 Å². The van der Waals surface area contributed by atoms with Gasteiger partial charge in [-0.25, -0.2) is 8.42 Å². The lowest BCUT2D eigenvalue weighted by molar-refractivity contribution is -0.0292. The van der Waals surface area contributed by atoms with Crippen LogP contribution in [0.2, 0.25) is 5.04 Å². The number of ether oxygens (including phenoxy) is 3. The lowest BCUT2D eigenvalue weighted by Gasteiger charge is -2.44. The first-order chi connectivity index (χ1) is 22.1. The van der Waals surface area contributed by atoms with Crippen molar-refractivity contribution < 1.29 is 27.1 Å². The predicted molar refractivity (Wildman–Crippen MR) is 186 cm³/mol. The molecule has 0 saturated carbocycles. The first-order valence-corrected chi connectivity index (χ1v) is 19.0. The molecule has 0 fully saturated rings. The zero-order valence-electron chi connectivity index (χ0n) is 27.3. The molecule has 0 amide bonds. The largest absolute Gasteiger partial charge is 0.497 e. The molecule has 46 heavy (non-hydrogen) atoms. The first kappa shape index (κ1) is 33.8. The highest BCUT2D eigenvalue weighted by Crippen LogP contribution is 2.46. The fourth-order valence-corrected chi connectivity index (χ4v) is 12.9. The highest BCUT2D eigenvalue weighted by molar-refractivity contribution is 7.95. The lowest BCUT2D eigenvalue weighted by Crippen LogP contribution is -2.67. The van der Waals surface area contributed by atoms with Gasteiger partial charge in [-0.3, -0.25) is 0 Å². The van der Waals surface area contributed by atoms with Crippen LogP contribution in [-0.4, -0.2) is 50.5 Å². The van der Waals surface area contributed by atoms with Gasteiger partial charge in [-0.05, 0) is 69.7 Å². The molecule has 2 atom stereocenters. The van der Waals surface area contributed by atoms with Crippen molar-refractivity contribution >= 4 is 28.5 Å². The molecule has 0 unspecified atom stereocenters. The third-order valence-electron chi connectivity index (χ3n) is 8.71. The fourth-order valence-electron chi connectivity index (χ4n) is 6.60. The van der Waals surface area contributed by atoms with E-state index in [0.717, 1.165) is 21.5 Å². The average molecular weight is 657 g/mol. The van der Waals surface area contributed by atoms with Crippen LogP contribution in [0.25, 0.3) is 0 Å². The number of benzene rings is 4. The van der Waals surface area contributed by atoms with Crippen molar-refractivity contribution in [3.63, 3.8) is 0 Å². The van der Waals surface area contributed by atoms with Gasteiger partial charge < -0.3 is 18.6 Å². The summed E-state index contributed by atoms with van der Waals surface area (Å²) >= 11 is 0. The molecule has 0 bridgehead atoms. The van der Waals surface area contributed by atoms with E-state index in [1.807, 2.05) is 42.5 Å². The molecule has 0 spiro atoms. The third kappa shape index (κ3) is 6.92. The maximum atomic E-state index is 14.4. The maximum Gasteiger partial charge on any atom is 0.261 e. The minimum atomic E-state index is -3.84. The van der Waals surface area contributed by atoms with E-state index in [1.54, 1.807) is 38.5 Å². The number of sulfone groups is 1. The quantitative estimate of drug-likeness (QED) is 0.0912. The average Bonchev–Trinajstić information content (AvgIpc) is 3.50. The van der Waals surface area contributed by atoms with Crippen LogP contribution in [0.1, 0.15) is 44.2 Å². The van der Waals surface area contributed by atoms with Gasteiger partial charge in [-0.2, -0.15) is 0 Å². The van der Waals surface area contributed by atoms with Gasteiger partial charge in [0.2, 0.25) is 9.84 Å². The Morgan fingerprint density at radius 2 is 1.39 bits per heavy atom. The predicted octanol–water partition coefficient (Wildman–Crippen LogP) is 6.65. The minimum Gasteiger partial charge on any atom is -0.497 e. The normalized spacial score (nSPS) is 17.1. The van der Waals surface area contributed by atoms with E-state index < -0.39 is 30.2 Å². The Morgan fingerprint density at radius 3 is 1.93 bits per heavy atom. The summed E-state index contributed by atoms with van der Waals surface area (Å²) in [6.45, 7) is 7.31. The summed E-state index contributed by atoms with van der Waals surface area (Å²) in [7, 11) is -3.58. The van der Waals surface area contributed by atoms with Gasteiger partial charge in [-0.1, -0.05) is 106 Å². The minimum absolute atomic E-state index is 0.185. The van der Waals surface area contributed by atoms with Crippen molar-refractivity contribution in [1.82, 2.24) is 0 Å². The van der Waals surface area contributed by atoms with E-state index in [0.29, 0.717) is 30.1 Å². The van der Waals surface area contributed by atoms with Crippen LogP contribution in [0.15, 0.2) is 125 Å². The van der Waals surface area contributed by atoms with Crippen molar-refractivity contribution in [1.29, 1.82) is 0 Å². The van der Waals surface area contributed by atoms with Gasteiger partial charge >= 0.3 is 0 Å². The van der Waals surface area contributed by atoms with E-state index >= 15 is 0 Å². The first-order valence-electron chi connectivity index (χ1n) is 15.7. The highest BCUT2D eigenvalue weighted by atomic mass is 32.2. The number of rotatable bonds is 13. The molecular weight excluding hydrogens is 613 g/mol. The summed E-state index contributed by atoms with van der Waals surface area (Å²) in [5.41, 5.74) is 1.90. The number of methoxy groups -OCH3 is 2. The molecule has 6 nitrogen and oxygen atoms in total. The Morgan fingerprint density at radius 1 is 0.804 bits per heavy atom. The maximum absolute atomic E-state index is 14.4. The molecule has 4 aromatic rings. The van der Waals surface area contributed by atoms with Crippen molar-refractivity contribution in [3.05, 3.63) is 131 Å².